The van der Waals surface area contributed by atoms with Crippen LogP contribution in [-0.4, -0.2) is 38.4 Å². The molecule has 0 aliphatic rings. The molecular weight excluding hydrogens is 699 g/mol. The highest BCUT2D eigenvalue weighted by Gasteiger charge is 2.17. The van der Waals surface area contributed by atoms with E-state index in [0.29, 0.717) is 37.6 Å². The monoisotopic (exact) mass is 743 g/mol. The number of rotatable bonds is 18. The molecule has 0 N–H and O–H groups in total. The second-order valence-electron chi connectivity index (χ2n) is 13.0. The van der Waals surface area contributed by atoms with Crippen molar-refractivity contribution in [3.63, 3.8) is 0 Å². The van der Waals surface area contributed by atoms with E-state index in [-0.39, 0.29) is 13.2 Å². The maximum atomic E-state index is 11.4. The SMILES string of the molecule is C=CC(=O)OCCCOc1ccc(N(c2ccc(OCCCOC(=O)C=C)cc2)c2ccc(C)c(-c3cc(-c4ccccc4)cc(-c4ccccc4)c3)c2)cc1. The van der Waals surface area contributed by atoms with Crippen LogP contribution in [0.2, 0.25) is 0 Å². The van der Waals surface area contributed by atoms with Gasteiger partial charge in [0, 0.05) is 42.1 Å². The van der Waals surface area contributed by atoms with Gasteiger partial charge in [-0.3, -0.25) is 0 Å². The molecule has 0 saturated carbocycles. The van der Waals surface area contributed by atoms with Gasteiger partial charge in [0.05, 0.1) is 26.4 Å². The second kappa shape index (κ2) is 19.5. The maximum Gasteiger partial charge on any atom is 0.330 e. The van der Waals surface area contributed by atoms with Crippen molar-refractivity contribution in [3.8, 4) is 44.9 Å². The molecule has 0 bridgehead atoms. The van der Waals surface area contributed by atoms with Crippen LogP contribution in [0.3, 0.4) is 0 Å². The van der Waals surface area contributed by atoms with E-state index in [0.717, 1.165) is 68.2 Å². The van der Waals surface area contributed by atoms with Gasteiger partial charge in [-0.15, -0.1) is 0 Å². The van der Waals surface area contributed by atoms with E-state index in [1.807, 2.05) is 60.7 Å². The number of benzene rings is 6. The predicted octanol–water partition coefficient (Wildman–Crippen LogP) is 11.5. The normalized spacial score (nSPS) is 10.6. The molecule has 0 saturated heterocycles. The van der Waals surface area contributed by atoms with E-state index >= 15 is 0 Å². The second-order valence-corrected chi connectivity index (χ2v) is 13.0. The van der Waals surface area contributed by atoms with Crippen molar-refractivity contribution in [3.05, 3.63) is 176 Å². The third-order valence-electron chi connectivity index (χ3n) is 9.06. The Morgan fingerprint density at radius 1 is 0.500 bits per heavy atom. The number of hydrogen-bond acceptors (Lipinski definition) is 7. The first-order valence-electron chi connectivity index (χ1n) is 18.6. The summed E-state index contributed by atoms with van der Waals surface area (Å²) in [6.45, 7) is 10.3. The smallest absolute Gasteiger partial charge is 0.330 e. The molecule has 0 fully saturated rings. The van der Waals surface area contributed by atoms with Gasteiger partial charge >= 0.3 is 11.9 Å². The fraction of sp³-hybridized carbons (Fsp3) is 0.143. The van der Waals surface area contributed by atoms with Crippen LogP contribution in [0.15, 0.2) is 171 Å². The van der Waals surface area contributed by atoms with Gasteiger partial charge < -0.3 is 23.8 Å². The lowest BCUT2D eigenvalue weighted by molar-refractivity contribution is -0.138. The molecule has 282 valence electrons. The lowest BCUT2D eigenvalue weighted by Crippen LogP contribution is -2.11. The molecule has 0 spiro atoms. The molecule has 0 heterocycles. The number of esters is 2. The van der Waals surface area contributed by atoms with E-state index in [4.69, 9.17) is 18.9 Å². The Labute approximate surface area is 329 Å². The van der Waals surface area contributed by atoms with Crippen molar-refractivity contribution < 1.29 is 28.5 Å². The van der Waals surface area contributed by atoms with E-state index in [1.54, 1.807) is 0 Å². The van der Waals surface area contributed by atoms with Crippen LogP contribution >= 0.6 is 0 Å². The summed E-state index contributed by atoms with van der Waals surface area (Å²) in [7, 11) is 0. The minimum absolute atomic E-state index is 0.260. The van der Waals surface area contributed by atoms with Crippen molar-refractivity contribution in [1.82, 2.24) is 0 Å². The van der Waals surface area contributed by atoms with E-state index in [9.17, 15) is 9.59 Å². The standard InChI is InChI=1S/C49H45NO6/c1-4-48(51)55-30-12-28-53-45-24-20-42(21-25-45)50(43-22-26-46(27-23-43)54-29-13-31-56-49(52)5-2)44-19-18-36(3)47(35-44)41-33-39(37-14-8-6-9-15-37)32-40(34-41)38-16-10-7-11-17-38/h4-11,14-27,32-35H,1-2,12-13,28-31H2,3H3. The van der Waals surface area contributed by atoms with Gasteiger partial charge in [0.1, 0.15) is 11.5 Å². The van der Waals surface area contributed by atoms with Gasteiger partial charge in [-0.05, 0) is 125 Å². The third-order valence-corrected chi connectivity index (χ3v) is 9.06. The van der Waals surface area contributed by atoms with Gasteiger partial charge in [0.15, 0.2) is 0 Å². The average molecular weight is 744 g/mol. The largest absolute Gasteiger partial charge is 0.493 e. The highest BCUT2D eigenvalue weighted by molar-refractivity contribution is 5.86. The minimum Gasteiger partial charge on any atom is -0.493 e. The molecule has 0 aliphatic carbocycles. The van der Waals surface area contributed by atoms with E-state index < -0.39 is 11.9 Å². The summed E-state index contributed by atoms with van der Waals surface area (Å²) in [5.74, 6) is 0.532. The van der Waals surface area contributed by atoms with Crippen LogP contribution in [-0.2, 0) is 19.1 Å². The molecule has 56 heavy (non-hydrogen) atoms. The summed E-state index contributed by atoms with van der Waals surface area (Å²) in [6.07, 6.45) is 3.43. The molecule has 7 heteroatoms. The Morgan fingerprint density at radius 2 is 0.929 bits per heavy atom. The van der Waals surface area contributed by atoms with Crippen LogP contribution < -0.4 is 14.4 Å². The summed E-state index contributed by atoms with van der Waals surface area (Å²) in [4.78, 5) is 24.9. The lowest BCUT2D eigenvalue weighted by atomic mass is 9.91. The zero-order chi connectivity index (χ0) is 39.1. The first-order valence-corrected chi connectivity index (χ1v) is 18.6. The van der Waals surface area contributed by atoms with Crippen LogP contribution in [0.5, 0.6) is 11.5 Å². The molecule has 0 atom stereocenters. The maximum absolute atomic E-state index is 11.4. The molecule has 6 aromatic carbocycles. The van der Waals surface area contributed by atoms with Crippen molar-refractivity contribution >= 4 is 29.0 Å². The summed E-state index contributed by atoms with van der Waals surface area (Å²) in [6, 6.07) is 50.2. The van der Waals surface area contributed by atoms with Gasteiger partial charge in [0.25, 0.3) is 0 Å². The molecule has 7 nitrogen and oxygen atoms in total. The van der Waals surface area contributed by atoms with Crippen molar-refractivity contribution in [1.29, 1.82) is 0 Å². The molecule has 0 radical (unpaired) electrons. The zero-order valence-corrected chi connectivity index (χ0v) is 31.6. The molecule has 6 aromatic rings. The topological polar surface area (TPSA) is 74.3 Å². The van der Waals surface area contributed by atoms with Gasteiger partial charge in [-0.1, -0.05) is 79.9 Å². The molecule has 6 rings (SSSR count). The van der Waals surface area contributed by atoms with Crippen LogP contribution in [0, 0.1) is 6.92 Å². The molecule has 0 unspecified atom stereocenters. The number of carbonyl (C=O) groups is 2. The lowest BCUT2D eigenvalue weighted by Gasteiger charge is -2.27. The highest BCUT2D eigenvalue weighted by Crippen LogP contribution is 2.40. The first kappa shape index (κ1) is 38.9. The van der Waals surface area contributed by atoms with Gasteiger partial charge in [-0.25, -0.2) is 9.59 Å². The number of nitrogens with zero attached hydrogens (tertiary/aromatic N) is 1. The van der Waals surface area contributed by atoms with Crippen LogP contribution in [0.25, 0.3) is 33.4 Å². The summed E-state index contributed by atoms with van der Waals surface area (Å²) in [5.41, 5.74) is 10.9. The summed E-state index contributed by atoms with van der Waals surface area (Å²) >= 11 is 0. The molecule has 0 aromatic heterocycles. The van der Waals surface area contributed by atoms with Gasteiger partial charge in [-0.2, -0.15) is 0 Å². The average Bonchev–Trinajstić information content (AvgIpc) is 3.25. The molecular formula is C49H45NO6. The number of carbonyl (C=O) groups excluding carboxylic acids is 2. The third kappa shape index (κ3) is 10.4. The predicted molar refractivity (Wildman–Crippen MR) is 225 cm³/mol. The fourth-order valence-electron chi connectivity index (χ4n) is 6.23. The Balaban J connectivity index is 1.33. The molecule has 0 amide bonds. The fourth-order valence-corrected chi connectivity index (χ4v) is 6.23. The summed E-state index contributed by atoms with van der Waals surface area (Å²) < 4.78 is 22.1. The quantitative estimate of drug-likeness (QED) is 0.0493. The Hall–Kier alpha value is -6.86. The number of aryl methyl sites for hydroxylation is 1. The van der Waals surface area contributed by atoms with Crippen LogP contribution in [0.1, 0.15) is 18.4 Å². The Bertz CT molecular complexity index is 2100. The van der Waals surface area contributed by atoms with Crippen molar-refractivity contribution in [2.24, 2.45) is 0 Å². The van der Waals surface area contributed by atoms with E-state index in [2.05, 4.69) is 110 Å². The highest BCUT2D eigenvalue weighted by atomic mass is 16.5. The van der Waals surface area contributed by atoms with Crippen molar-refractivity contribution in [2.75, 3.05) is 31.3 Å². The Morgan fingerprint density at radius 3 is 1.38 bits per heavy atom. The number of hydrogen-bond donors (Lipinski definition) is 0. The van der Waals surface area contributed by atoms with Crippen molar-refractivity contribution in [2.45, 2.75) is 19.8 Å². The number of ether oxygens (including phenoxy) is 4. The zero-order valence-electron chi connectivity index (χ0n) is 31.6. The number of anilines is 3. The van der Waals surface area contributed by atoms with Crippen LogP contribution in [0.4, 0.5) is 17.1 Å². The Kier molecular flexibility index (Phi) is 13.5. The van der Waals surface area contributed by atoms with Gasteiger partial charge in [0.2, 0.25) is 0 Å². The first-order chi connectivity index (χ1) is 27.4. The van der Waals surface area contributed by atoms with E-state index in [1.165, 1.54) is 0 Å². The summed E-state index contributed by atoms with van der Waals surface area (Å²) in [5, 5.41) is 0. The molecule has 0 aliphatic heterocycles. The minimum atomic E-state index is -0.444.